The lowest BCUT2D eigenvalue weighted by Gasteiger charge is -2.07. The minimum atomic E-state index is 0.312. The largest absolute Gasteiger partial charge is 0.370 e. The molecule has 1 aromatic heterocycles. The summed E-state index contributed by atoms with van der Waals surface area (Å²) in [5.41, 5.74) is 5.58. The molecule has 5 nitrogen and oxygen atoms in total. The number of nitrogens with two attached hydrogens (primary N) is 1. The van der Waals surface area contributed by atoms with E-state index in [-0.39, 0.29) is 0 Å². The van der Waals surface area contributed by atoms with E-state index in [1.807, 2.05) is 13.0 Å². The number of nitrogens with zero attached hydrogens (tertiary/aromatic N) is 2. The zero-order chi connectivity index (χ0) is 9.97. The van der Waals surface area contributed by atoms with E-state index in [0.717, 1.165) is 18.2 Å². The molecule has 1 saturated carbocycles. The van der Waals surface area contributed by atoms with Crippen LogP contribution in [0, 0.1) is 0 Å². The lowest BCUT2D eigenvalue weighted by Crippen LogP contribution is -2.08. The molecule has 1 heterocycles. The molecule has 5 heteroatoms. The van der Waals surface area contributed by atoms with Crippen LogP contribution in [-0.2, 0) is 0 Å². The standard InChI is InChI=1S/C9H15N5/c1-2-11-7-5-8(12-6-3-4-6)14-9(10)13-7/h5-6H,2-4H2,1H3,(H4,10,11,12,13,14). The molecule has 0 aliphatic heterocycles. The van der Waals surface area contributed by atoms with E-state index in [0.29, 0.717) is 12.0 Å². The molecule has 4 N–H and O–H groups in total. The first-order valence-electron chi connectivity index (χ1n) is 4.93. The number of anilines is 3. The molecular weight excluding hydrogens is 178 g/mol. The van der Waals surface area contributed by atoms with Crippen LogP contribution >= 0.6 is 0 Å². The Balaban J connectivity index is 2.12. The Morgan fingerprint density at radius 3 is 2.79 bits per heavy atom. The van der Waals surface area contributed by atoms with Gasteiger partial charge in [0, 0.05) is 18.7 Å². The molecule has 1 aliphatic rings. The summed E-state index contributed by atoms with van der Waals surface area (Å²) < 4.78 is 0. The summed E-state index contributed by atoms with van der Waals surface area (Å²) in [4.78, 5) is 8.18. The van der Waals surface area contributed by atoms with Gasteiger partial charge < -0.3 is 16.4 Å². The molecule has 0 saturated heterocycles. The molecule has 0 bridgehead atoms. The minimum Gasteiger partial charge on any atom is -0.370 e. The second-order valence-electron chi connectivity index (χ2n) is 3.45. The van der Waals surface area contributed by atoms with Gasteiger partial charge in [-0.15, -0.1) is 0 Å². The molecule has 1 aromatic rings. The van der Waals surface area contributed by atoms with Gasteiger partial charge in [0.05, 0.1) is 0 Å². The van der Waals surface area contributed by atoms with Gasteiger partial charge in [-0.2, -0.15) is 9.97 Å². The van der Waals surface area contributed by atoms with Gasteiger partial charge in [0.2, 0.25) is 5.95 Å². The molecule has 0 spiro atoms. The van der Waals surface area contributed by atoms with Crippen molar-refractivity contribution in [3.8, 4) is 0 Å². The summed E-state index contributed by atoms with van der Waals surface area (Å²) >= 11 is 0. The van der Waals surface area contributed by atoms with Gasteiger partial charge in [-0.25, -0.2) is 0 Å². The third-order valence-electron chi connectivity index (χ3n) is 2.03. The molecule has 76 valence electrons. The lowest BCUT2D eigenvalue weighted by molar-refractivity contribution is 1.08. The summed E-state index contributed by atoms with van der Waals surface area (Å²) in [5, 5.41) is 6.40. The maximum atomic E-state index is 5.58. The summed E-state index contributed by atoms with van der Waals surface area (Å²) in [5.74, 6) is 1.91. The fraction of sp³-hybridized carbons (Fsp3) is 0.556. The molecule has 0 amide bonds. The fourth-order valence-corrected chi connectivity index (χ4v) is 1.25. The first-order chi connectivity index (χ1) is 6.78. The van der Waals surface area contributed by atoms with Gasteiger partial charge in [-0.1, -0.05) is 0 Å². The predicted molar refractivity (Wildman–Crippen MR) is 57.3 cm³/mol. The average Bonchev–Trinajstić information content (AvgIpc) is 2.87. The number of nitrogen functional groups attached to an aromatic ring is 1. The van der Waals surface area contributed by atoms with E-state index in [1.54, 1.807) is 0 Å². The first kappa shape index (κ1) is 9.05. The number of aromatic nitrogens is 2. The van der Waals surface area contributed by atoms with Crippen molar-refractivity contribution in [3.05, 3.63) is 6.07 Å². The number of hydrogen-bond donors (Lipinski definition) is 3. The molecule has 1 aliphatic carbocycles. The third-order valence-corrected chi connectivity index (χ3v) is 2.03. The summed E-state index contributed by atoms with van der Waals surface area (Å²) in [6.45, 7) is 2.85. The molecule has 0 radical (unpaired) electrons. The highest BCUT2D eigenvalue weighted by Crippen LogP contribution is 2.24. The van der Waals surface area contributed by atoms with E-state index in [4.69, 9.17) is 5.73 Å². The van der Waals surface area contributed by atoms with E-state index in [1.165, 1.54) is 12.8 Å². The molecule has 0 aromatic carbocycles. The minimum absolute atomic E-state index is 0.312. The van der Waals surface area contributed by atoms with Crippen molar-refractivity contribution in [2.24, 2.45) is 0 Å². The molecule has 1 fully saturated rings. The summed E-state index contributed by atoms with van der Waals surface area (Å²) in [7, 11) is 0. The Labute approximate surface area is 83.1 Å². The van der Waals surface area contributed by atoms with Crippen LogP contribution in [0.2, 0.25) is 0 Å². The van der Waals surface area contributed by atoms with E-state index < -0.39 is 0 Å². The van der Waals surface area contributed by atoms with E-state index in [9.17, 15) is 0 Å². The zero-order valence-corrected chi connectivity index (χ0v) is 8.25. The molecular formula is C9H15N5. The van der Waals surface area contributed by atoms with Crippen molar-refractivity contribution in [1.29, 1.82) is 0 Å². The van der Waals surface area contributed by atoms with Gasteiger partial charge in [0.15, 0.2) is 0 Å². The highest BCUT2D eigenvalue weighted by atomic mass is 15.1. The highest BCUT2D eigenvalue weighted by molar-refractivity contribution is 5.51. The van der Waals surface area contributed by atoms with E-state index >= 15 is 0 Å². The van der Waals surface area contributed by atoms with Gasteiger partial charge in [0.25, 0.3) is 0 Å². The Morgan fingerprint density at radius 2 is 2.14 bits per heavy atom. The molecule has 0 unspecified atom stereocenters. The van der Waals surface area contributed by atoms with Crippen molar-refractivity contribution in [2.75, 3.05) is 22.9 Å². The van der Waals surface area contributed by atoms with Crippen LogP contribution in [0.1, 0.15) is 19.8 Å². The van der Waals surface area contributed by atoms with Crippen LogP contribution in [0.25, 0.3) is 0 Å². The van der Waals surface area contributed by atoms with Gasteiger partial charge in [-0.3, -0.25) is 0 Å². The van der Waals surface area contributed by atoms with Gasteiger partial charge in [0.1, 0.15) is 11.6 Å². The van der Waals surface area contributed by atoms with Crippen molar-refractivity contribution >= 4 is 17.6 Å². The van der Waals surface area contributed by atoms with Crippen molar-refractivity contribution in [3.63, 3.8) is 0 Å². The number of nitrogens with one attached hydrogen (secondary N) is 2. The lowest BCUT2D eigenvalue weighted by atomic mass is 10.5. The summed E-state index contributed by atoms with van der Waals surface area (Å²) in [6, 6.07) is 2.47. The maximum Gasteiger partial charge on any atom is 0.223 e. The second kappa shape index (κ2) is 3.69. The van der Waals surface area contributed by atoms with Crippen LogP contribution in [0.5, 0.6) is 0 Å². The fourth-order valence-electron chi connectivity index (χ4n) is 1.25. The third kappa shape index (κ3) is 2.25. The zero-order valence-electron chi connectivity index (χ0n) is 8.25. The van der Waals surface area contributed by atoms with Crippen LogP contribution in [0.15, 0.2) is 6.07 Å². The normalized spacial score (nSPS) is 15.2. The first-order valence-corrected chi connectivity index (χ1v) is 4.93. The van der Waals surface area contributed by atoms with Crippen molar-refractivity contribution < 1.29 is 0 Å². The highest BCUT2D eigenvalue weighted by Gasteiger charge is 2.21. The van der Waals surface area contributed by atoms with Gasteiger partial charge in [-0.05, 0) is 19.8 Å². The Kier molecular flexibility index (Phi) is 2.39. The number of rotatable bonds is 4. The smallest absolute Gasteiger partial charge is 0.223 e. The SMILES string of the molecule is CCNc1cc(NC2CC2)nc(N)n1. The molecule has 2 rings (SSSR count). The van der Waals surface area contributed by atoms with Crippen LogP contribution < -0.4 is 16.4 Å². The predicted octanol–water partition coefficient (Wildman–Crippen LogP) is 1.06. The quantitative estimate of drug-likeness (QED) is 0.666. The molecule has 0 atom stereocenters. The van der Waals surface area contributed by atoms with Crippen molar-refractivity contribution in [2.45, 2.75) is 25.8 Å². The maximum absolute atomic E-state index is 5.58. The van der Waals surface area contributed by atoms with Crippen LogP contribution in [0.4, 0.5) is 17.6 Å². The Hall–Kier alpha value is -1.52. The van der Waals surface area contributed by atoms with Crippen LogP contribution in [-0.4, -0.2) is 22.6 Å². The molecule has 14 heavy (non-hydrogen) atoms. The number of hydrogen-bond acceptors (Lipinski definition) is 5. The topological polar surface area (TPSA) is 75.9 Å². The average molecular weight is 193 g/mol. The monoisotopic (exact) mass is 193 g/mol. The van der Waals surface area contributed by atoms with Crippen molar-refractivity contribution in [1.82, 2.24) is 9.97 Å². The van der Waals surface area contributed by atoms with E-state index in [2.05, 4.69) is 20.6 Å². The second-order valence-corrected chi connectivity index (χ2v) is 3.45. The van der Waals surface area contributed by atoms with Gasteiger partial charge >= 0.3 is 0 Å². The van der Waals surface area contributed by atoms with Crippen LogP contribution in [0.3, 0.4) is 0 Å². The Morgan fingerprint density at radius 1 is 1.43 bits per heavy atom. The Bertz CT molecular complexity index is 321. The summed E-state index contributed by atoms with van der Waals surface area (Å²) in [6.07, 6.45) is 2.45.